The van der Waals surface area contributed by atoms with Crippen molar-refractivity contribution in [2.75, 3.05) is 13.7 Å². The third kappa shape index (κ3) is 9.24. The number of carbonyl (C=O) groups is 4. The Kier molecular flexibility index (Phi) is 8.56. The molecule has 0 bridgehead atoms. The zero-order valence-corrected chi connectivity index (χ0v) is 16.5. The van der Waals surface area contributed by atoms with Gasteiger partial charge in [0, 0.05) is 13.0 Å². The SMILES string of the molecule is COC(=O)CC(=O)OC(C)(C)CCN(C(=O)OC(C)(C)C)[C@@H](C)C(=O)O. The van der Waals surface area contributed by atoms with E-state index in [4.69, 9.17) is 9.47 Å². The summed E-state index contributed by atoms with van der Waals surface area (Å²) in [6, 6.07) is -1.12. The van der Waals surface area contributed by atoms with Crippen molar-refractivity contribution in [2.24, 2.45) is 0 Å². The topological polar surface area (TPSA) is 119 Å². The summed E-state index contributed by atoms with van der Waals surface area (Å²) in [5.41, 5.74) is -1.81. The van der Waals surface area contributed by atoms with E-state index in [1.165, 1.54) is 6.92 Å². The third-order valence-corrected chi connectivity index (χ3v) is 3.31. The molecule has 0 aliphatic rings. The lowest BCUT2D eigenvalue weighted by Crippen LogP contribution is -2.47. The number of methoxy groups -OCH3 is 1. The Morgan fingerprint density at radius 3 is 1.96 bits per heavy atom. The first-order chi connectivity index (χ1) is 11.7. The summed E-state index contributed by atoms with van der Waals surface area (Å²) in [5.74, 6) is -2.67. The first-order valence-corrected chi connectivity index (χ1v) is 8.19. The van der Waals surface area contributed by atoms with Gasteiger partial charge < -0.3 is 19.3 Å². The summed E-state index contributed by atoms with van der Waals surface area (Å²) in [6.45, 7) is 9.57. The summed E-state index contributed by atoms with van der Waals surface area (Å²) in [4.78, 5) is 47.5. The minimum atomic E-state index is -1.18. The minimum absolute atomic E-state index is 0.0130. The lowest BCUT2D eigenvalue weighted by Gasteiger charge is -2.32. The van der Waals surface area contributed by atoms with Crippen LogP contribution >= 0.6 is 0 Å². The maximum Gasteiger partial charge on any atom is 0.411 e. The maximum absolute atomic E-state index is 12.3. The molecule has 1 atom stereocenters. The van der Waals surface area contributed by atoms with Gasteiger partial charge in [0.1, 0.15) is 23.7 Å². The molecule has 150 valence electrons. The Balaban J connectivity index is 5.00. The van der Waals surface area contributed by atoms with E-state index in [2.05, 4.69) is 4.74 Å². The van der Waals surface area contributed by atoms with Crippen molar-refractivity contribution in [1.29, 1.82) is 0 Å². The van der Waals surface area contributed by atoms with Crippen LogP contribution in [0.3, 0.4) is 0 Å². The second kappa shape index (κ2) is 9.40. The highest BCUT2D eigenvalue weighted by Gasteiger charge is 2.32. The van der Waals surface area contributed by atoms with Crippen LogP contribution in [0.4, 0.5) is 4.79 Å². The molecule has 0 rings (SSSR count). The Labute approximate surface area is 153 Å². The van der Waals surface area contributed by atoms with Gasteiger partial charge in [0.05, 0.1) is 7.11 Å². The van der Waals surface area contributed by atoms with Crippen molar-refractivity contribution >= 4 is 24.0 Å². The van der Waals surface area contributed by atoms with Crippen LogP contribution in [0.15, 0.2) is 0 Å². The molecule has 1 amide bonds. The number of amides is 1. The van der Waals surface area contributed by atoms with Crippen LogP contribution in [-0.2, 0) is 28.6 Å². The van der Waals surface area contributed by atoms with Crippen LogP contribution in [0.5, 0.6) is 0 Å². The third-order valence-electron chi connectivity index (χ3n) is 3.31. The van der Waals surface area contributed by atoms with E-state index in [0.29, 0.717) is 0 Å². The fraction of sp³-hybridized carbons (Fsp3) is 0.765. The van der Waals surface area contributed by atoms with Crippen molar-refractivity contribution in [2.45, 2.75) is 71.6 Å². The number of nitrogens with zero attached hydrogens (tertiary/aromatic N) is 1. The van der Waals surface area contributed by atoms with Crippen molar-refractivity contribution in [3.8, 4) is 0 Å². The number of carboxylic acid groups (broad SMARTS) is 1. The van der Waals surface area contributed by atoms with Crippen LogP contribution in [0.2, 0.25) is 0 Å². The van der Waals surface area contributed by atoms with Crippen LogP contribution in [0.1, 0.15) is 54.4 Å². The van der Waals surface area contributed by atoms with Crippen LogP contribution in [0, 0.1) is 0 Å². The van der Waals surface area contributed by atoms with Crippen LogP contribution in [0.25, 0.3) is 0 Å². The van der Waals surface area contributed by atoms with Gasteiger partial charge in [0.2, 0.25) is 0 Å². The number of carbonyl (C=O) groups excluding carboxylic acids is 3. The number of rotatable bonds is 8. The normalized spacial score (nSPS) is 12.7. The van der Waals surface area contributed by atoms with Crippen LogP contribution in [-0.4, -0.2) is 64.9 Å². The summed E-state index contributed by atoms with van der Waals surface area (Å²) in [7, 11) is 1.16. The first-order valence-electron chi connectivity index (χ1n) is 8.19. The quantitative estimate of drug-likeness (QED) is 0.388. The molecule has 9 heteroatoms. The van der Waals surface area contributed by atoms with Gasteiger partial charge in [-0.25, -0.2) is 9.59 Å². The monoisotopic (exact) mass is 375 g/mol. The van der Waals surface area contributed by atoms with Gasteiger partial charge in [0.15, 0.2) is 0 Å². The molecule has 9 nitrogen and oxygen atoms in total. The highest BCUT2D eigenvalue weighted by Crippen LogP contribution is 2.19. The number of hydrogen-bond donors (Lipinski definition) is 1. The molecule has 26 heavy (non-hydrogen) atoms. The molecule has 0 radical (unpaired) electrons. The zero-order valence-electron chi connectivity index (χ0n) is 16.5. The molecule has 1 N–H and O–H groups in total. The summed E-state index contributed by atoms with van der Waals surface area (Å²) >= 11 is 0. The maximum atomic E-state index is 12.3. The van der Waals surface area contributed by atoms with Crippen molar-refractivity contribution in [3.05, 3.63) is 0 Å². The lowest BCUT2D eigenvalue weighted by molar-refractivity contribution is -0.163. The predicted octanol–water partition coefficient (Wildman–Crippen LogP) is 1.97. The van der Waals surface area contributed by atoms with Crippen LogP contribution < -0.4 is 0 Å². The Hall–Kier alpha value is -2.32. The molecule has 0 saturated heterocycles. The fourth-order valence-electron chi connectivity index (χ4n) is 1.87. The molecule has 0 saturated carbocycles. The molecule has 0 fully saturated rings. The van der Waals surface area contributed by atoms with E-state index in [-0.39, 0.29) is 13.0 Å². The number of ether oxygens (including phenoxy) is 3. The van der Waals surface area contributed by atoms with E-state index in [1.807, 2.05) is 0 Å². The Morgan fingerprint density at radius 1 is 1.00 bits per heavy atom. The zero-order chi connectivity index (χ0) is 20.7. The van der Waals surface area contributed by atoms with E-state index in [9.17, 15) is 24.3 Å². The molecule has 0 aromatic heterocycles. The van der Waals surface area contributed by atoms with Gasteiger partial charge in [-0.2, -0.15) is 0 Å². The molecule has 0 aliphatic carbocycles. The molecular formula is C17H29NO8. The fourth-order valence-corrected chi connectivity index (χ4v) is 1.87. The van der Waals surface area contributed by atoms with Gasteiger partial charge in [0.25, 0.3) is 0 Å². The number of carboxylic acids is 1. The number of esters is 2. The van der Waals surface area contributed by atoms with E-state index < -0.39 is 47.7 Å². The minimum Gasteiger partial charge on any atom is -0.480 e. The second-order valence-electron chi connectivity index (χ2n) is 7.42. The summed E-state index contributed by atoms with van der Waals surface area (Å²) in [5, 5.41) is 9.21. The smallest absolute Gasteiger partial charge is 0.411 e. The molecule has 0 aromatic rings. The van der Waals surface area contributed by atoms with Gasteiger partial charge in [-0.1, -0.05) is 0 Å². The highest BCUT2D eigenvalue weighted by molar-refractivity contribution is 5.91. The Bertz CT molecular complexity index is 535. The summed E-state index contributed by atoms with van der Waals surface area (Å²) in [6.07, 6.45) is -1.15. The standard InChI is InChI=1S/C17H29NO8/c1-11(14(21)22)18(15(23)26-16(2,3)4)9-8-17(5,6)25-13(20)10-12(19)24-7/h11H,8-10H2,1-7H3,(H,21,22)/t11-/m0/s1. The van der Waals surface area contributed by atoms with Crippen molar-refractivity contribution < 1.29 is 38.5 Å². The van der Waals surface area contributed by atoms with Crippen molar-refractivity contribution in [1.82, 2.24) is 4.90 Å². The lowest BCUT2D eigenvalue weighted by atomic mass is 10.0. The number of hydrogen-bond acceptors (Lipinski definition) is 7. The first kappa shape index (κ1) is 23.7. The molecule has 0 unspecified atom stereocenters. The van der Waals surface area contributed by atoms with Gasteiger partial charge >= 0.3 is 24.0 Å². The predicted molar refractivity (Wildman–Crippen MR) is 91.5 cm³/mol. The molecule has 0 aliphatic heterocycles. The number of aliphatic carboxylic acids is 1. The molecule has 0 heterocycles. The molecule has 0 aromatic carbocycles. The van der Waals surface area contributed by atoms with Gasteiger partial charge in [-0.3, -0.25) is 14.5 Å². The van der Waals surface area contributed by atoms with E-state index in [1.54, 1.807) is 34.6 Å². The van der Waals surface area contributed by atoms with E-state index in [0.717, 1.165) is 12.0 Å². The Morgan fingerprint density at radius 2 is 1.54 bits per heavy atom. The highest BCUT2D eigenvalue weighted by atomic mass is 16.6. The largest absolute Gasteiger partial charge is 0.480 e. The average Bonchev–Trinajstić information content (AvgIpc) is 2.43. The summed E-state index contributed by atoms with van der Waals surface area (Å²) < 4.78 is 14.8. The average molecular weight is 375 g/mol. The molecular weight excluding hydrogens is 346 g/mol. The van der Waals surface area contributed by atoms with E-state index >= 15 is 0 Å². The van der Waals surface area contributed by atoms with Gasteiger partial charge in [-0.05, 0) is 41.5 Å². The van der Waals surface area contributed by atoms with Crippen molar-refractivity contribution in [3.63, 3.8) is 0 Å². The molecule has 0 spiro atoms. The second-order valence-corrected chi connectivity index (χ2v) is 7.42. The van der Waals surface area contributed by atoms with Gasteiger partial charge in [-0.15, -0.1) is 0 Å².